The molecule has 3 heterocycles. The molecule has 1 aromatic carbocycles. The summed E-state index contributed by atoms with van der Waals surface area (Å²) in [4.78, 5) is 15.7. The fourth-order valence-electron chi connectivity index (χ4n) is 3.62. The third kappa shape index (κ3) is 4.59. The van der Waals surface area contributed by atoms with Gasteiger partial charge in [-0.2, -0.15) is 0 Å². The summed E-state index contributed by atoms with van der Waals surface area (Å²) in [5.74, 6) is 0.953. The molecule has 2 aromatic heterocycles. The van der Waals surface area contributed by atoms with Gasteiger partial charge >= 0.3 is 0 Å². The molecular formula is C21H26N6. The van der Waals surface area contributed by atoms with Crippen LogP contribution in [-0.4, -0.2) is 52.6 Å². The van der Waals surface area contributed by atoms with Crippen LogP contribution in [0.3, 0.4) is 0 Å². The lowest BCUT2D eigenvalue weighted by molar-refractivity contribution is 0.156. The van der Waals surface area contributed by atoms with E-state index in [0.717, 1.165) is 62.6 Å². The van der Waals surface area contributed by atoms with Gasteiger partial charge in [0.1, 0.15) is 12.1 Å². The Labute approximate surface area is 160 Å². The number of rotatable bonds is 7. The van der Waals surface area contributed by atoms with E-state index in [4.69, 9.17) is 0 Å². The Morgan fingerprint density at radius 1 is 1.11 bits per heavy atom. The standard InChI is InChI=1S/C21H26N6/c1-2-6-18-17(5-1)7-8-21(26-18)24-10-3-4-13-27-14-12-22-15-20(27)19-9-11-23-16-25-19/h1-2,5-9,11,16,20,22H,3-4,10,12-15H2,(H,24,26). The monoisotopic (exact) mass is 362 g/mol. The fourth-order valence-corrected chi connectivity index (χ4v) is 3.62. The number of nitrogens with one attached hydrogen (secondary N) is 2. The Balaban J connectivity index is 1.25. The summed E-state index contributed by atoms with van der Waals surface area (Å²) in [5.41, 5.74) is 2.15. The first kappa shape index (κ1) is 17.8. The van der Waals surface area contributed by atoms with E-state index in [-0.39, 0.29) is 0 Å². The molecule has 1 aliphatic heterocycles. The van der Waals surface area contributed by atoms with Crippen LogP contribution in [-0.2, 0) is 0 Å². The van der Waals surface area contributed by atoms with Crippen molar-refractivity contribution in [2.45, 2.75) is 18.9 Å². The van der Waals surface area contributed by atoms with Gasteiger partial charge in [-0.3, -0.25) is 4.90 Å². The highest BCUT2D eigenvalue weighted by Gasteiger charge is 2.24. The average Bonchev–Trinajstić information content (AvgIpc) is 2.74. The van der Waals surface area contributed by atoms with Crippen molar-refractivity contribution in [2.75, 3.05) is 38.0 Å². The zero-order valence-corrected chi connectivity index (χ0v) is 15.5. The van der Waals surface area contributed by atoms with Crippen molar-refractivity contribution in [2.24, 2.45) is 0 Å². The lowest BCUT2D eigenvalue weighted by atomic mass is 10.1. The maximum atomic E-state index is 4.67. The normalized spacial score (nSPS) is 17.9. The van der Waals surface area contributed by atoms with Gasteiger partial charge in [-0.25, -0.2) is 15.0 Å². The largest absolute Gasteiger partial charge is 0.370 e. The molecule has 0 aliphatic carbocycles. The molecule has 0 amide bonds. The van der Waals surface area contributed by atoms with Crippen molar-refractivity contribution in [1.82, 2.24) is 25.2 Å². The fraction of sp³-hybridized carbons (Fsp3) is 0.381. The zero-order valence-electron chi connectivity index (χ0n) is 15.5. The molecule has 1 unspecified atom stereocenters. The van der Waals surface area contributed by atoms with Crippen molar-refractivity contribution in [3.63, 3.8) is 0 Å². The van der Waals surface area contributed by atoms with Crippen molar-refractivity contribution >= 4 is 16.7 Å². The number of aromatic nitrogens is 3. The molecule has 6 heteroatoms. The summed E-state index contributed by atoms with van der Waals surface area (Å²) in [6.07, 6.45) is 5.75. The van der Waals surface area contributed by atoms with Crippen LogP contribution in [0.2, 0.25) is 0 Å². The first-order chi connectivity index (χ1) is 13.4. The van der Waals surface area contributed by atoms with Gasteiger partial charge in [0.05, 0.1) is 17.3 Å². The Hall–Kier alpha value is -2.57. The van der Waals surface area contributed by atoms with Crippen molar-refractivity contribution in [3.05, 3.63) is 60.7 Å². The van der Waals surface area contributed by atoms with E-state index < -0.39 is 0 Å². The number of nitrogens with zero attached hydrogens (tertiary/aromatic N) is 4. The van der Waals surface area contributed by atoms with Crippen LogP contribution in [0.4, 0.5) is 5.82 Å². The Morgan fingerprint density at radius 3 is 3.00 bits per heavy atom. The molecule has 3 aromatic rings. The summed E-state index contributed by atoms with van der Waals surface area (Å²) < 4.78 is 0. The molecule has 1 fully saturated rings. The van der Waals surface area contributed by atoms with E-state index in [1.54, 1.807) is 6.33 Å². The molecule has 1 saturated heterocycles. The first-order valence-electron chi connectivity index (χ1n) is 9.70. The molecule has 0 bridgehead atoms. The lowest BCUT2D eigenvalue weighted by Gasteiger charge is -2.35. The Morgan fingerprint density at radius 2 is 2.07 bits per heavy atom. The third-order valence-corrected chi connectivity index (χ3v) is 5.08. The second-order valence-corrected chi connectivity index (χ2v) is 6.91. The molecule has 0 radical (unpaired) electrons. The molecule has 0 spiro atoms. The quantitative estimate of drug-likeness (QED) is 0.630. The van der Waals surface area contributed by atoms with Crippen LogP contribution in [0.5, 0.6) is 0 Å². The second kappa shape index (κ2) is 8.88. The maximum absolute atomic E-state index is 4.67. The topological polar surface area (TPSA) is 66.0 Å². The van der Waals surface area contributed by atoms with E-state index in [0.29, 0.717) is 6.04 Å². The Bertz CT molecular complexity index is 853. The van der Waals surface area contributed by atoms with Crippen LogP contribution < -0.4 is 10.6 Å². The number of fused-ring (bicyclic) bond motifs is 1. The minimum Gasteiger partial charge on any atom is -0.370 e. The van der Waals surface area contributed by atoms with E-state index in [1.165, 1.54) is 5.39 Å². The lowest BCUT2D eigenvalue weighted by Crippen LogP contribution is -2.46. The van der Waals surface area contributed by atoms with Crippen molar-refractivity contribution in [3.8, 4) is 0 Å². The second-order valence-electron chi connectivity index (χ2n) is 6.91. The van der Waals surface area contributed by atoms with Gasteiger partial charge in [0, 0.05) is 37.8 Å². The molecule has 27 heavy (non-hydrogen) atoms. The number of piperazine rings is 1. The average molecular weight is 362 g/mol. The highest BCUT2D eigenvalue weighted by molar-refractivity contribution is 5.79. The van der Waals surface area contributed by atoms with Gasteiger partial charge in [-0.1, -0.05) is 18.2 Å². The van der Waals surface area contributed by atoms with Crippen LogP contribution in [0, 0.1) is 0 Å². The third-order valence-electron chi connectivity index (χ3n) is 5.08. The van der Waals surface area contributed by atoms with E-state index >= 15 is 0 Å². The van der Waals surface area contributed by atoms with Crippen LogP contribution in [0.1, 0.15) is 24.6 Å². The summed E-state index contributed by atoms with van der Waals surface area (Å²) in [7, 11) is 0. The molecule has 4 rings (SSSR count). The minimum atomic E-state index is 0.344. The molecule has 1 atom stereocenters. The highest BCUT2D eigenvalue weighted by Crippen LogP contribution is 2.20. The summed E-state index contributed by atoms with van der Waals surface area (Å²) >= 11 is 0. The maximum Gasteiger partial charge on any atom is 0.126 e. The molecule has 140 valence electrons. The van der Waals surface area contributed by atoms with Crippen LogP contribution >= 0.6 is 0 Å². The van der Waals surface area contributed by atoms with Crippen molar-refractivity contribution in [1.29, 1.82) is 0 Å². The predicted molar refractivity (Wildman–Crippen MR) is 109 cm³/mol. The van der Waals surface area contributed by atoms with Gasteiger partial charge in [0.2, 0.25) is 0 Å². The molecule has 1 aliphatic rings. The number of anilines is 1. The van der Waals surface area contributed by atoms with E-state index in [9.17, 15) is 0 Å². The Kier molecular flexibility index (Phi) is 5.86. The zero-order chi connectivity index (χ0) is 18.3. The van der Waals surface area contributed by atoms with Gasteiger partial charge < -0.3 is 10.6 Å². The number of benzene rings is 1. The molecule has 0 saturated carbocycles. The van der Waals surface area contributed by atoms with Gasteiger partial charge in [0.15, 0.2) is 0 Å². The van der Waals surface area contributed by atoms with Crippen LogP contribution in [0.25, 0.3) is 10.9 Å². The number of hydrogen-bond acceptors (Lipinski definition) is 6. The SMILES string of the molecule is c1ccc2nc(NCCCCN3CCNCC3c3ccncn3)ccc2c1. The number of para-hydroxylation sites is 1. The summed E-state index contributed by atoms with van der Waals surface area (Å²) in [6, 6.07) is 14.8. The van der Waals surface area contributed by atoms with E-state index in [1.807, 2.05) is 24.4 Å². The van der Waals surface area contributed by atoms with Gasteiger partial charge in [0.25, 0.3) is 0 Å². The first-order valence-corrected chi connectivity index (χ1v) is 9.70. The smallest absolute Gasteiger partial charge is 0.126 e. The number of pyridine rings is 1. The number of hydrogen-bond donors (Lipinski definition) is 2. The minimum absolute atomic E-state index is 0.344. The van der Waals surface area contributed by atoms with E-state index in [2.05, 4.69) is 54.8 Å². The van der Waals surface area contributed by atoms with Crippen LogP contribution in [0.15, 0.2) is 55.0 Å². The predicted octanol–water partition coefficient (Wildman–Crippen LogP) is 2.86. The summed E-state index contributed by atoms with van der Waals surface area (Å²) in [5, 5.41) is 8.11. The molecular weight excluding hydrogens is 336 g/mol. The van der Waals surface area contributed by atoms with Crippen molar-refractivity contribution < 1.29 is 0 Å². The van der Waals surface area contributed by atoms with Gasteiger partial charge in [-0.15, -0.1) is 0 Å². The number of unbranched alkanes of at least 4 members (excludes halogenated alkanes) is 1. The molecule has 2 N–H and O–H groups in total. The van der Waals surface area contributed by atoms with Gasteiger partial charge in [-0.05, 0) is 43.7 Å². The summed E-state index contributed by atoms with van der Waals surface area (Å²) in [6.45, 7) is 5.09. The molecule has 6 nitrogen and oxygen atoms in total. The highest BCUT2D eigenvalue weighted by atomic mass is 15.2.